The molecule has 0 aliphatic carbocycles. The van der Waals surface area contributed by atoms with Crippen LogP contribution in [0.5, 0.6) is 0 Å². The molecule has 2 N–H and O–H groups in total. The summed E-state index contributed by atoms with van der Waals surface area (Å²) in [5.41, 5.74) is 0. The van der Waals surface area contributed by atoms with Crippen LogP contribution < -0.4 is 10.6 Å². The average Bonchev–Trinajstić information content (AvgIpc) is 3.01. The van der Waals surface area contributed by atoms with Crippen molar-refractivity contribution in [3.05, 3.63) is 16.1 Å². The zero-order valence-corrected chi connectivity index (χ0v) is 19.7. The molecule has 1 aliphatic heterocycles. The fourth-order valence-electron chi connectivity index (χ4n) is 2.75. The topological polar surface area (TPSA) is 86.7 Å². The van der Waals surface area contributed by atoms with Gasteiger partial charge in [0.25, 0.3) is 0 Å². The van der Waals surface area contributed by atoms with Crippen molar-refractivity contribution in [2.75, 3.05) is 31.9 Å². The number of aliphatic imine (C=N–C) groups is 1. The lowest BCUT2D eigenvalue weighted by molar-refractivity contribution is 0.306. The van der Waals surface area contributed by atoms with Crippen molar-refractivity contribution in [1.82, 2.24) is 19.9 Å². The highest BCUT2D eigenvalue weighted by Gasteiger charge is 2.26. The first kappa shape index (κ1) is 23.6. The van der Waals surface area contributed by atoms with Gasteiger partial charge in [-0.25, -0.2) is 17.7 Å². The highest BCUT2D eigenvalue weighted by molar-refractivity contribution is 14.0. The molecule has 10 heteroatoms. The molecule has 0 unspecified atom stereocenters. The molecule has 1 saturated heterocycles. The lowest BCUT2D eigenvalue weighted by Crippen LogP contribution is -2.50. The van der Waals surface area contributed by atoms with Crippen LogP contribution in [0, 0.1) is 6.92 Å². The lowest BCUT2D eigenvalue weighted by Gasteiger charge is -2.32. The molecule has 2 heterocycles. The summed E-state index contributed by atoms with van der Waals surface area (Å²) in [5, 5.41) is 7.81. The number of hydrogen-bond acceptors (Lipinski definition) is 5. The third-order valence-electron chi connectivity index (χ3n) is 4.16. The number of aromatic nitrogens is 1. The van der Waals surface area contributed by atoms with Gasteiger partial charge in [-0.3, -0.25) is 4.99 Å². The molecule has 2 rings (SSSR count). The second-order valence-corrected chi connectivity index (χ2v) is 9.67. The predicted octanol–water partition coefficient (Wildman–Crippen LogP) is 1.98. The van der Waals surface area contributed by atoms with Crippen molar-refractivity contribution < 1.29 is 8.42 Å². The van der Waals surface area contributed by atoms with E-state index >= 15 is 0 Å². The van der Waals surface area contributed by atoms with E-state index in [2.05, 4.69) is 27.5 Å². The Bertz CT molecular complexity index is 670. The molecule has 1 aromatic rings. The minimum absolute atomic E-state index is 0. The van der Waals surface area contributed by atoms with Crippen molar-refractivity contribution in [2.45, 2.75) is 46.1 Å². The van der Waals surface area contributed by atoms with Crippen molar-refractivity contribution in [1.29, 1.82) is 0 Å². The Kier molecular flexibility index (Phi) is 10.3. The molecule has 1 aliphatic rings. The van der Waals surface area contributed by atoms with Crippen molar-refractivity contribution in [2.24, 2.45) is 4.99 Å². The fraction of sp³-hybridized carbons (Fsp3) is 0.750. The number of aryl methyl sites for hydroxylation is 1. The Balaban J connectivity index is 0.00000338. The molecule has 0 atom stereocenters. The molecule has 0 amide bonds. The SMILES string of the molecule is CCNC(=NCCc1ncc(C)s1)NC1CCN(S(=O)(=O)CC)CC1.I. The van der Waals surface area contributed by atoms with Crippen molar-refractivity contribution in [3.8, 4) is 0 Å². The first-order valence-corrected chi connectivity index (χ1v) is 11.3. The van der Waals surface area contributed by atoms with Crippen LogP contribution >= 0.6 is 35.3 Å². The smallest absolute Gasteiger partial charge is 0.213 e. The number of rotatable bonds is 7. The third-order valence-corrected chi connectivity index (χ3v) is 7.02. The second-order valence-electron chi connectivity index (χ2n) is 6.09. The summed E-state index contributed by atoms with van der Waals surface area (Å²) in [5.74, 6) is 0.971. The van der Waals surface area contributed by atoms with E-state index in [4.69, 9.17) is 0 Å². The largest absolute Gasteiger partial charge is 0.357 e. The van der Waals surface area contributed by atoms with Gasteiger partial charge >= 0.3 is 0 Å². The molecule has 26 heavy (non-hydrogen) atoms. The van der Waals surface area contributed by atoms with Gasteiger partial charge in [-0.15, -0.1) is 35.3 Å². The molecule has 0 saturated carbocycles. The van der Waals surface area contributed by atoms with Crippen LogP contribution in [0.25, 0.3) is 0 Å². The highest BCUT2D eigenvalue weighted by Crippen LogP contribution is 2.14. The maximum atomic E-state index is 11.9. The molecule has 0 radical (unpaired) electrons. The summed E-state index contributed by atoms with van der Waals surface area (Å²) in [7, 11) is -3.07. The maximum absolute atomic E-state index is 11.9. The molecular formula is C16H30IN5O2S2. The van der Waals surface area contributed by atoms with Crippen LogP contribution in [0.15, 0.2) is 11.2 Å². The van der Waals surface area contributed by atoms with Crippen LogP contribution in [-0.4, -0.2) is 61.6 Å². The van der Waals surface area contributed by atoms with Gasteiger partial charge in [-0.05, 0) is 33.6 Å². The van der Waals surface area contributed by atoms with E-state index in [-0.39, 0.29) is 35.8 Å². The minimum atomic E-state index is -3.07. The Hall–Kier alpha value is -0.460. The third kappa shape index (κ3) is 7.28. The van der Waals surface area contributed by atoms with Gasteiger partial charge < -0.3 is 10.6 Å². The number of guanidine groups is 1. The van der Waals surface area contributed by atoms with E-state index in [9.17, 15) is 8.42 Å². The predicted molar refractivity (Wildman–Crippen MR) is 119 cm³/mol. The molecule has 1 fully saturated rings. The number of thiazole rings is 1. The molecule has 0 aromatic carbocycles. The van der Waals surface area contributed by atoms with Crippen LogP contribution in [0.1, 0.15) is 36.6 Å². The molecule has 1 aromatic heterocycles. The number of hydrogen-bond donors (Lipinski definition) is 2. The molecule has 0 bridgehead atoms. The van der Waals surface area contributed by atoms with Gasteiger partial charge in [0.15, 0.2) is 5.96 Å². The van der Waals surface area contributed by atoms with E-state index in [1.807, 2.05) is 13.1 Å². The second kappa shape index (κ2) is 11.4. The van der Waals surface area contributed by atoms with Crippen LogP contribution in [-0.2, 0) is 16.4 Å². The number of piperidine rings is 1. The van der Waals surface area contributed by atoms with Gasteiger partial charge in [0.2, 0.25) is 10.0 Å². The Labute approximate surface area is 178 Å². The number of nitrogens with zero attached hydrogens (tertiary/aromatic N) is 3. The molecular weight excluding hydrogens is 485 g/mol. The summed E-state index contributed by atoms with van der Waals surface area (Å²) in [6.07, 6.45) is 4.33. The molecule has 7 nitrogen and oxygen atoms in total. The van der Waals surface area contributed by atoms with Crippen LogP contribution in [0.2, 0.25) is 0 Å². The van der Waals surface area contributed by atoms with Crippen molar-refractivity contribution in [3.63, 3.8) is 0 Å². The first-order valence-electron chi connectivity index (χ1n) is 8.88. The van der Waals surface area contributed by atoms with Gasteiger partial charge in [-0.2, -0.15) is 0 Å². The van der Waals surface area contributed by atoms with Crippen LogP contribution in [0.4, 0.5) is 0 Å². The standard InChI is InChI=1S/C16H29N5O2S2.HI/c1-4-17-16(18-9-6-15-19-12-13(3)24-15)20-14-7-10-21(11-8-14)25(22,23)5-2;/h12,14H,4-11H2,1-3H3,(H2,17,18,20);1H. The van der Waals surface area contributed by atoms with E-state index in [0.29, 0.717) is 19.6 Å². The number of sulfonamides is 1. The van der Waals surface area contributed by atoms with Gasteiger partial charge in [0.05, 0.1) is 10.8 Å². The minimum Gasteiger partial charge on any atom is -0.357 e. The summed E-state index contributed by atoms with van der Waals surface area (Å²) < 4.78 is 25.5. The quantitative estimate of drug-likeness (QED) is 0.330. The van der Waals surface area contributed by atoms with Gasteiger partial charge in [-0.1, -0.05) is 0 Å². The Morgan fingerprint density at radius 1 is 1.38 bits per heavy atom. The van der Waals surface area contributed by atoms with E-state index in [0.717, 1.165) is 36.8 Å². The van der Waals surface area contributed by atoms with Crippen molar-refractivity contribution >= 4 is 51.3 Å². The van der Waals surface area contributed by atoms with E-state index in [1.165, 1.54) is 4.88 Å². The van der Waals surface area contributed by atoms with Gasteiger partial charge in [0.1, 0.15) is 0 Å². The van der Waals surface area contributed by atoms with Crippen LogP contribution in [0.3, 0.4) is 0 Å². The number of nitrogens with one attached hydrogen (secondary N) is 2. The normalized spacial score (nSPS) is 17.0. The monoisotopic (exact) mass is 515 g/mol. The number of halogens is 1. The fourth-order valence-corrected chi connectivity index (χ4v) is 4.66. The summed E-state index contributed by atoms with van der Waals surface area (Å²) in [4.78, 5) is 10.2. The summed E-state index contributed by atoms with van der Waals surface area (Å²) in [6.45, 7) is 8.42. The maximum Gasteiger partial charge on any atom is 0.213 e. The average molecular weight is 515 g/mol. The molecule has 150 valence electrons. The van der Waals surface area contributed by atoms with E-state index in [1.54, 1.807) is 22.6 Å². The first-order chi connectivity index (χ1) is 11.9. The zero-order valence-electron chi connectivity index (χ0n) is 15.7. The lowest BCUT2D eigenvalue weighted by atomic mass is 10.1. The molecule has 0 spiro atoms. The Morgan fingerprint density at radius 3 is 2.62 bits per heavy atom. The van der Waals surface area contributed by atoms with E-state index < -0.39 is 10.0 Å². The Morgan fingerprint density at radius 2 is 2.08 bits per heavy atom. The zero-order chi connectivity index (χ0) is 18.3. The van der Waals surface area contributed by atoms with Gasteiger partial charge in [0, 0.05) is 49.7 Å². The highest BCUT2D eigenvalue weighted by atomic mass is 127. The summed E-state index contributed by atoms with van der Waals surface area (Å²) >= 11 is 1.71. The summed E-state index contributed by atoms with van der Waals surface area (Å²) in [6, 6.07) is 0.253.